The van der Waals surface area contributed by atoms with Gasteiger partial charge in [-0.3, -0.25) is 4.90 Å². The summed E-state index contributed by atoms with van der Waals surface area (Å²) in [4.78, 5) is 3.69. The predicted molar refractivity (Wildman–Crippen MR) is 80.7 cm³/mol. The van der Waals surface area contributed by atoms with Crippen LogP contribution in [0.2, 0.25) is 0 Å². The summed E-state index contributed by atoms with van der Waals surface area (Å²) in [7, 11) is 3.39. The highest BCUT2D eigenvalue weighted by Crippen LogP contribution is 2.27. The number of aromatic nitrogens is 3. The number of hydrogen-bond acceptors (Lipinski definition) is 5. The fraction of sp³-hybridized carbons (Fsp3) is 0.467. The summed E-state index contributed by atoms with van der Waals surface area (Å²) in [6.45, 7) is 2.28. The van der Waals surface area contributed by atoms with Gasteiger partial charge in [0.25, 0.3) is 0 Å². The highest BCUT2D eigenvalue weighted by molar-refractivity contribution is 5.54. The van der Waals surface area contributed by atoms with E-state index in [-0.39, 0.29) is 12.3 Å². The summed E-state index contributed by atoms with van der Waals surface area (Å²) < 4.78 is 29.4. The third-order valence-electron chi connectivity index (χ3n) is 4.06. The van der Waals surface area contributed by atoms with Crippen molar-refractivity contribution in [3.8, 4) is 0 Å². The van der Waals surface area contributed by atoms with Gasteiger partial charge >= 0.3 is 0 Å². The highest BCUT2D eigenvalue weighted by atomic mass is 19.2. The van der Waals surface area contributed by atoms with E-state index in [9.17, 15) is 13.9 Å². The summed E-state index contributed by atoms with van der Waals surface area (Å²) in [5, 5.41) is 17.3. The zero-order valence-electron chi connectivity index (χ0n) is 13.1. The van der Waals surface area contributed by atoms with Crippen molar-refractivity contribution in [2.75, 3.05) is 25.5 Å². The van der Waals surface area contributed by atoms with Gasteiger partial charge in [-0.2, -0.15) is 0 Å². The molecule has 6 nitrogen and oxygen atoms in total. The lowest BCUT2D eigenvalue weighted by molar-refractivity contribution is 0.200. The highest BCUT2D eigenvalue weighted by Gasteiger charge is 2.23. The molecule has 0 aliphatic carbocycles. The summed E-state index contributed by atoms with van der Waals surface area (Å²) in [5.41, 5.74) is 2.42. The van der Waals surface area contributed by atoms with Gasteiger partial charge in [0.05, 0.1) is 24.5 Å². The molecule has 23 heavy (non-hydrogen) atoms. The van der Waals surface area contributed by atoms with Crippen molar-refractivity contribution in [1.82, 2.24) is 19.9 Å². The summed E-state index contributed by atoms with van der Waals surface area (Å²) in [6.07, 6.45) is 0. The Morgan fingerprint density at radius 3 is 2.74 bits per heavy atom. The average Bonchev–Trinajstić information content (AvgIpc) is 2.93. The third kappa shape index (κ3) is 2.91. The minimum absolute atomic E-state index is 0.155. The topological polar surface area (TPSA) is 57.4 Å². The van der Waals surface area contributed by atoms with Crippen LogP contribution in [0.4, 0.5) is 14.5 Å². The maximum Gasteiger partial charge on any atom is 0.182 e. The third-order valence-corrected chi connectivity index (χ3v) is 4.06. The normalized spacial score (nSPS) is 14.8. The molecule has 1 aliphatic heterocycles. The quantitative estimate of drug-likeness (QED) is 0.914. The van der Waals surface area contributed by atoms with Crippen LogP contribution >= 0.6 is 0 Å². The first-order valence-corrected chi connectivity index (χ1v) is 7.40. The van der Waals surface area contributed by atoms with E-state index in [1.54, 1.807) is 29.7 Å². The average molecular weight is 323 g/mol. The molecule has 1 N–H and O–H groups in total. The molecule has 0 unspecified atom stereocenters. The maximum absolute atomic E-state index is 14.1. The Kier molecular flexibility index (Phi) is 4.27. The minimum atomic E-state index is -0.846. The van der Waals surface area contributed by atoms with Crippen molar-refractivity contribution in [3.63, 3.8) is 0 Å². The Morgan fingerprint density at radius 2 is 2.04 bits per heavy atom. The first-order chi connectivity index (χ1) is 11.0. The molecule has 0 fully saturated rings. The molecule has 0 amide bonds. The van der Waals surface area contributed by atoms with Crippen LogP contribution in [0.25, 0.3) is 0 Å². The molecule has 2 aromatic rings. The van der Waals surface area contributed by atoms with Gasteiger partial charge in [-0.15, -0.1) is 5.10 Å². The molecule has 1 aromatic heterocycles. The number of halogens is 2. The lowest BCUT2D eigenvalue weighted by Gasteiger charge is -2.29. The Labute approximate surface area is 132 Å². The van der Waals surface area contributed by atoms with Crippen molar-refractivity contribution < 1.29 is 13.9 Å². The van der Waals surface area contributed by atoms with E-state index in [2.05, 4.69) is 15.2 Å². The second-order valence-electron chi connectivity index (χ2n) is 5.84. The molecular formula is C15H19F2N5O. The molecule has 0 radical (unpaired) electrons. The van der Waals surface area contributed by atoms with Crippen molar-refractivity contribution in [2.45, 2.75) is 26.2 Å². The van der Waals surface area contributed by atoms with Crippen molar-refractivity contribution in [1.29, 1.82) is 0 Å². The van der Waals surface area contributed by atoms with E-state index in [1.165, 1.54) is 0 Å². The van der Waals surface area contributed by atoms with Gasteiger partial charge < -0.3 is 10.0 Å². The molecule has 8 heteroatoms. The van der Waals surface area contributed by atoms with E-state index < -0.39 is 11.6 Å². The number of fused-ring (bicyclic) bond motifs is 1. The number of rotatable bonds is 4. The molecule has 0 bridgehead atoms. The Hall–Kier alpha value is -2.06. The van der Waals surface area contributed by atoms with Gasteiger partial charge in [-0.05, 0) is 11.6 Å². The van der Waals surface area contributed by atoms with Gasteiger partial charge in [-0.25, -0.2) is 13.5 Å². The monoisotopic (exact) mass is 323 g/mol. The van der Waals surface area contributed by atoms with Crippen LogP contribution in [0, 0.1) is 11.6 Å². The first kappa shape index (κ1) is 15.8. The summed E-state index contributed by atoms with van der Waals surface area (Å²) >= 11 is 0. The van der Waals surface area contributed by atoms with Crippen LogP contribution in [-0.2, 0) is 26.2 Å². The van der Waals surface area contributed by atoms with Crippen molar-refractivity contribution >= 4 is 5.69 Å². The van der Waals surface area contributed by atoms with Crippen LogP contribution in [0.5, 0.6) is 0 Å². The smallest absolute Gasteiger partial charge is 0.182 e. The zero-order valence-corrected chi connectivity index (χ0v) is 13.1. The standard InChI is InChI=1S/C15H19F2N5O/c1-20(2)15-10(3-4-11(16)14(15)17)7-21-5-6-22-13(8-21)12(9-23)18-19-22/h3-4,23H,5-9H2,1-2H3. The van der Waals surface area contributed by atoms with Crippen LogP contribution < -0.4 is 4.90 Å². The van der Waals surface area contributed by atoms with E-state index in [0.717, 1.165) is 23.9 Å². The molecule has 1 aromatic carbocycles. The molecule has 2 heterocycles. The SMILES string of the molecule is CN(C)c1c(CN2CCn3nnc(CO)c3C2)ccc(F)c1F. The summed E-state index contributed by atoms with van der Waals surface area (Å²) in [6, 6.07) is 2.78. The van der Waals surface area contributed by atoms with Gasteiger partial charge in [0, 0.05) is 33.7 Å². The van der Waals surface area contributed by atoms with E-state index >= 15 is 0 Å². The number of nitrogens with zero attached hydrogens (tertiary/aromatic N) is 5. The molecule has 0 spiro atoms. The molecule has 3 rings (SSSR count). The Bertz CT molecular complexity index is 703. The van der Waals surface area contributed by atoms with E-state index in [1.807, 2.05) is 0 Å². The largest absolute Gasteiger partial charge is 0.390 e. The zero-order chi connectivity index (χ0) is 16.6. The first-order valence-electron chi connectivity index (χ1n) is 7.40. The lowest BCUT2D eigenvalue weighted by atomic mass is 10.1. The summed E-state index contributed by atoms with van der Waals surface area (Å²) in [5.74, 6) is -1.67. The van der Waals surface area contributed by atoms with E-state index in [0.29, 0.717) is 25.3 Å². The van der Waals surface area contributed by atoms with Crippen LogP contribution in [-0.4, -0.2) is 45.6 Å². The molecule has 0 saturated carbocycles. The van der Waals surface area contributed by atoms with Crippen molar-refractivity contribution in [3.05, 3.63) is 40.7 Å². The van der Waals surface area contributed by atoms with Crippen LogP contribution in [0.3, 0.4) is 0 Å². The number of aliphatic hydroxyl groups is 1. The molecular weight excluding hydrogens is 304 g/mol. The molecule has 0 atom stereocenters. The van der Waals surface area contributed by atoms with Gasteiger partial charge in [-0.1, -0.05) is 11.3 Å². The maximum atomic E-state index is 14.1. The number of hydrogen-bond donors (Lipinski definition) is 1. The van der Waals surface area contributed by atoms with Crippen LogP contribution in [0.15, 0.2) is 12.1 Å². The van der Waals surface area contributed by atoms with Crippen LogP contribution in [0.1, 0.15) is 17.0 Å². The van der Waals surface area contributed by atoms with Gasteiger partial charge in [0.15, 0.2) is 11.6 Å². The Balaban J connectivity index is 1.85. The number of benzene rings is 1. The number of aliphatic hydroxyl groups excluding tert-OH is 1. The minimum Gasteiger partial charge on any atom is -0.390 e. The molecule has 0 saturated heterocycles. The van der Waals surface area contributed by atoms with Gasteiger partial charge in [0.2, 0.25) is 0 Å². The fourth-order valence-electron chi connectivity index (χ4n) is 2.94. The van der Waals surface area contributed by atoms with Gasteiger partial charge in [0.1, 0.15) is 5.69 Å². The van der Waals surface area contributed by atoms with E-state index in [4.69, 9.17) is 0 Å². The lowest BCUT2D eigenvalue weighted by Crippen LogP contribution is -2.34. The fourth-order valence-corrected chi connectivity index (χ4v) is 2.94. The predicted octanol–water partition coefficient (Wildman–Crippen LogP) is 1.13. The second kappa shape index (κ2) is 6.21. The Morgan fingerprint density at radius 1 is 1.26 bits per heavy atom. The van der Waals surface area contributed by atoms with Crippen molar-refractivity contribution in [2.24, 2.45) is 0 Å². The second-order valence-corrected chi connectivity index (χ2v) is 5.84. The number of anilines is 1. The molecule has 1 aliphatic rings. The molecule has 124 valence electrons.